The number of aliphatic hydroxyl groups is 2. The van der Waals surface area contributed by atoms with Crippen LogP contribution in [0.2, 0.25) is 0 Å². The van der Waals surface area contributed by atoms with Crippen LogP contribution >= 0.6 is 0 Å². The molecule has 0 bridgehead atoms. The summed E-state index contributed by atoms with van der Waals surface area (Å²) in [4.78, 5) is 0. The van der Waals surface area contributed by atoms with E-state index in [9.17, 15) is 43.9 Å². The number of rotatable bonds is 2. The Hall–Kier alpha value is -0.780. The van der Waals surface area contributed by atoms with Crippen molar-refractivity contribution in [3.05, 3.63) is 0 Å². The van der Waals surface area contributed by atoms with Crippen LogP contribution in [0.4, 0.5) is 43.9 Å². The van der Waals surface area contributed by atoms with Crippen LogP contribution in [0.25, 0.3) is 0 Å². The Bertz CT molecular complexity index is 368. The summed E-state index contributed by atoms with van der Waals surface area (Å²) in [5.41, 5.74) is -5.16. The van der Waals surface area contributed by atoms with Crippen LogP contribution in [-0.4, -0.2) is 53.0 Å². The predicted molar refractivity (Wildman–Crippen MR) is 41.3 cm³/mol. The van der Waals surface area contributed by atoms with Gasteiger partial charge in [0.15, 0.2) is 5.41 Å². The minimum Gasteiger partial charge on any atom is -0.395 e. The van der Waals surface area contributed by atoms with Gasteiger partial charge >= 0.3 is 29.6 Å². The first-order chi connectivity index (χ1) is 8.62. The summed E-state index contributed by atoms with van der Waals surface area (Å²) in [6, 6.07) is 0. The van der Waals surface area contributed by atoms with E-state index in [1.807, 2.05) is 0 Å². The smallest absolute Gasteiger partial charge is 0.384 e. The molecular weight excluding hydrogens is 318 g/mol. The molecule has 0 radical (unpaired) electrons. The van der Waals surface area contributed by atoms with Crippen molar-refractivity contribution in [2.24, 2.45) is 5.41 Å². The average molecular weight is 324 g/mol. The zero-order chi connectivity index (χ0) is 16.4. The first-order valence-corrected chi connectivity index (χ1v) is 4.73. The third-order valence-corrected chi connectivity index (χ3v) is 3.32. The molecule has 120 valence electrons. The molecule has 1 aliphatic rings. The van der Waals surface area contributed by atoms with E-state index in [0.29, 0.717) is 0 Å². The SMILES string of the molecule is OCC1(CO)C(F)(F)C(F)(F)C(F)(F)C(F)(F)C1(F)F. The molecular formula is C8H6F10O2. The van der Waals surface area contributed by atoms with E-state index >= 15 is 0 Å². The van der Waals surface area contributed by atoms with Crippen molar-refractivity contribution in [3.63, 3.8) is 0 Å². The number of aliphatic hydroxyl groups excluding tert-OH is 2. The molecule has 0 saturated heterocycles. The maximum atomic E-state index is 13.3. The molecule has 0 aromatic carbocycles. The van der Waals surface area contributed by atoms with Gasteiger partial charge in [0.25, 0.3) is 0 Å². The highest BCUT2D eigenvalue weighted by molar-refractivity contribution is 5.24. The minimum atomic E-state index is -7.10. The molecule has 0 aliphatic heterocycles. The first-order valence-electron chi connectivity index (χ1n) is 4.73. The summed E-state index contributed by atoms with van der Waals surface area (Å²) in [7, 11) is 0. The second-order valence-electron chi connectivity index (χ2n) is 4.27. The molecule has 0 atom stereocenters. The summed E-state index contributed by atoms with van der Waals surface area (Å²) >= 11 is 0. The van der Waals surface area contributed by atoms with Gasteiger partial charge in [-0.3, -0.25) is 0 Å². The number of alkyl halides is 10. The number of halogens is 10. The normalized spacial score (nSPS) is 31.8. The highest BCUT2D eigenvalue weighted by Gasteiger charge is 2.99. The molecule has 12 heteroatoms. The summed E-state index contributed by atoms with van der Waals surface area (Å²) in [5.74, 6) is -33.9. The van der Waals surface area contributed by atoms with Gasteiger partial charge in [-0.1, -0.05) is 0 Å². The number of hydrogen-bond donors (Lipinski definition) is 2. The maximum absolute atomic E-state index is 13.3. The molecule has 0 amide bonds. The highest BCUT2D eigenvalue weighted by atomic mass is 19.4. The first kappa shape index (κ1) is 17.3. The van der Waals surface area contributed by atoms with E-state index in [1.165, 1.54) is 0 Å². The molecule has 0 spiro atoms. The fraction of sp³-hybridized carbons (Fsp3) is 1.00. The van der Waals surface area contributed by atoms with Crippen LogP contribution in [0.1, 0.15) is 0 Å². The lowest BCUT2D eigenvalue weighted by Crippen LogP contribution is -2.83. The van der Waals surface area contributed by atoms with Gasteiger partial charge in [0, 0.05) is 0 Å². The van der Waals surface area contributed by atoms with Crippen molar-refractivity contribution in [2.75, 3.05) is 13.2 Å². The largest absolute Gasteiger partial charge is 0.395 e. The fourth-order valence-corrected chi connectivity index (χ4v) is 1.84. The van der Waals surface area contributed by atoms with Gasteiger partial charge < -0.3 is 10.2 Å². The van der Waals surface area contributed by atoms with Crippen molar-refractivity contribution in [3.8, 4) is 0 Å². The zero-order valence-electron chi connectivity index (χ0n) is 9.09. The van der Waals surface area contributed by atoms with Crippen molar-refractivity contribution in [1.82, 2.24) is 0 Å². The van der Waals surface area contributed by atoms with Gasteiger partial charge in [0.05, 0.1) is 13.2 Å². The van der Waals surface area contributed by atoms with Gasteiger partial charge in [0.2, 0.25) is 0 Å². The van der Waals surface area contributed by atoms with Gasteiger partial charge in [-0.05, 0) is 0 Å². The Labute approximate surface area is 104 Å². The van der Waals surface area contributed by atoms with E-state index in [0.717, 1.165) is 0 Å². The van der Waals surface area contributed by atoms with Gasteiger partial charge in [0.1, 0.15) is 0 Å². The van der Waals surface area contributed by atoms with Crippen molar-refractivity contribution in [2.45, 2.75) is 29.6 Å². The molecule has 0 unspecified atom stereocenters. The molecule has 1 rings (SSSR count). The third kappa shape index (κ3) is 1.29. The topological polar surface area (TPSA) is 40.5 Å². The maximum Gasteiger partial charge on any atom is 0.384 e. The third-order valence-electron chi connectivity index (χ3n) is 3.32. The van der Waals surface area contributed by atoms with Crippen LogP contribution in [0.15, 0.2) is 0 Å². The van der Waals surface area contributed by atoms with Crippen LogP contribution in [0.3, 0.4) is 0 Å². The molecule has 1 saturated carbocycles. The molecule has 0 aromatic rings. The van der Waals surface area contributed by atoms with E-state index in [2.05, 4.69) is 0 Å². The summed E-state index contributed by atoms with van der Waals surface area (Å²) < 4.78 is 130. The quantitative estimate of drug-likeness (QED) is 0.764. The lowest BCUT2D eigenvalue weighted by Gasteiger charge is -2.54. The van der Waals surface area contributed by atoms with Crippen molar-refractivity contribution < 1.29 is 54.1 Å². The van der Waals surface area contributed by atoms with Crippen molar-refractivity contribution in [1.29, 1.82) is 0 Å². The number of hydrogen-bond acceptors (Lipinski definition) is 2. The van der Waals surface area contributed by atoms with Crippen molar-refractivity contribution >= 4 is 0 Å². The molecule has 2 N–H and O–H groups in total. The molecule has 20 heavy (non-hydrogen) atoms. The summed E-state index contributed by atoms with van der Waals surface area (Å²) in [6.45, 7) is -5.55. The second kappa shape index (κ2) is 3.90. The fourth-order valence-electron chi connectivity index (χ4n) is 1.84. The zero-order valence-corrected chi connectivity index (χ0v) is 9.09. The van der Waals surface area contributed by atoms with E-state index < -0.39 is 48.2 Å². The van der Waals surface area contributed by atoms with E-state index in [-0.39, 0.29) is 0 Å². The van der Waals surface area contributed by atoms with E-state index in [4.69, 9.17) is 10.2 Å². The summed E-state index contributed by atoms with van der Waals surface area (Å²) in [6.07, 6.45) is 0. The Balaban J connectivity index is 3.82. The molecule has 0 heterocycles. The van der Waals surface area contributed by atoms with Crippen LogP contribution in [-0.2, 0) is 0 Å². The van der Waals surface area contributed by atoms with Gasteiger partial charge in [-0.25, -0.2) is 0 Å². The Morgan fingerprint density at radius 3 is 0.850 bits per heavy atom. The van der Waals surface area contributed by atoms with Gasteiger partial charge in [-0.2, -0.15) is 43.9 Å². The monoisotopic (exact) mass is 324 g/mol. The van der Waals surface area contributed by atoms with Crippen LogP contribution in [0, 0.1) is 5.41 Å². The Morgan fingerprint density at radius 2 is 0.650 bits per heavy atom. The Kier molecular flexibility index (Phi) is 3.37. The molecule has 1 fully saturated rings. The molecule has 2 nitrogen and oxygen atoms in total. The second-order valence-corrected chi connectivity index (χ2v) is 4.27. The minimum absolute atomic E-state index is 2.77. The van der Waals surface area contributed by atoms with Gasteiger partial charge in [-0.15, -0.1) is 0 Å². The lowest BCUT2D eigenvalue weighted by molar-refractivity contribution is -0.493. The standard InChI is InChI=1S/C8H6F10O2/c9-4(10)3(1-19,2-20)5(11,12)7(15,16)8(17,18)6(4,13)14/h19-20H,1-2H2. The molecule has 1 aliphatic carbocycles. The lowest BCUT2D eigenvalue weighted by atomic mass is 9.64. The highest BCUT2D eigenvalue weighted by Crippen LogP contribution is 2.71. The summed E-state index contributed by atoms with van der Waals surface area (Å²) in [5, 5.41) is 16.8. The van der Waals surface area contributed by atoms with Crippen LogP contribution in [0.5, 0.6) is 0 Å². The van der Waals surface area contributed by atoms with E-state index in [1.54, 1.807) is 0 Å². The predicted octanol–water partition coefficient (Wildman–Crippen LogP) is 2.15. The molecule has 0 aromatic heterocycles. The van der Waals surface area contributed by atoms with Crippen LogP contribution < -0.4 is 0 Å². The Morgan fingerprint density at radius 1 is 0.450 bits per heavy atom. The average Bonchev–Trinajstić information content (AvgIpc) is 2.28.